The van der Waals surface area contributed by atoms with Gasteiger partial charge in [0.2, 0.25) is 0 Å². The van der Waals surface area contributed by atoms with Gasteiger partial charge in [0.1, 0.15) is 6.61 Å². The Morgan fingerprint density at radius 3 is 2.67 bits per heavy atom. The molecule has 0 saturated carbocycles. The largest absolute Gasteiger partial charge is 0.445 e. The van der Waals surface area contributed by atoms with Crippen molar-refractivity contribution < 1.29 is 9.53 Å². The predicted molar refractivity (Wildman–Crippen MR) is 71.1 cm³/mol. The maximum absolute atomic E-state index is 11.9. The zero-order valence-electron chi connectivity index (χ0n) is 11.1. The van der Waals surface area contributed by atoms with Crippen molar-refractivity contribution in [3.8, 4) is 0 Å². The van der Waals surface area contributed by atoms with E-state index in [0.29, 0.717) is 18.4 Å². The van der Waals surface area contributed by atoms with Crippen LogP contribution < -0.4 is 0 Å². The monoisotopic (exact) mass is 247 g/mol. The first-order valence-corrected chi connectivity index (χ1v) is 6.66. The van der Waals surface area contributed by atoms with Gasteiger partial charge in [0.15, 0.2) is 0 Å². The lowest BCUT2D eigenvalue weighted by Gasteiger charge is -2.16. The molecule has 0 bridgehead atoms. The topological polar surface area (TPSA) is 29.5 Å². The molecule has 0 unspecified atom stereocenters. The highest BCUT2D eigenvalue weighted by atomic mass is 16.6. The van der Waals surface area contributed by atoms with Crippen LogP contribution in [0, 0.1) is 11.8 Å². The molecule has 1 fully saturated rings. The minimum absolute atomic E-state index is 0.179. The second kappa shape index (κ2) is 5.89. The van der Waals surface area contributed by atoms with Crippen molar-refractivity contribution in [2.75, 3.05) is 13.1 Å². The third-order valence-electron chi connectivity index (χ3n) is 3.76. The number of ether oxygens (including phenoxy) is 1. The van der Waals surface area contributed by atoms with E-state index in [1.807, 2.05) is 35.2 Å². The van der Waals surface area contributed by atoms with Crippen LogP contribution in [0.25, 0.3) is 0 Å². The van der Waals surface area contributed by atoms with E-state index in [1.54, 1.807) is 0 Å². The summed E-state index contributed by atoms with van der Waals surface area (Å²) < 4.78 is 5.34. The second-order valence-corrected chi connectivity index (χ2v) is 5.09. The Balaban J connectivity index is 1.82. The summed E-state index contributed by atoms with van der Waals surface area (Å²) in [6, 6.07) is 9.80. The molecule has 1 aliphatic rings. The highest BCUT2D eigenvalue weighted by Gasteiger charge is 2.31. The Morgan fingerprint density at radius 2 is 2.06 bits per heavy atom. The minimum Gasteiger partial charge on any atom is -0.445 e. The van der Waals surface area contributed by atoms with Gasteiger partial charge in [-0.15, -0.1) is 0 Å². The molecule has 18 heavy (non-hydrogen) atoms. The fourth-order valence-electron chi connectivity index (χ4n) is 2.53. The molecule has 0 aliphatic carbocycles. The molecule has 1 aromatic carbocycles. The van der Waals surface area contributed by atoms with Crippen molar-refractivity contribution in [3.63, 3.8) is 0 Å². The van der Waals surface area contributed by atoms with Gasteiger partial charge in [0.25, 0.3) is 0 Å². The Hall–Kier alpha value is -1.51. The van der Waals surface area contributed by atoms with E-state index < -0.39 is 0 Å². The van der Waals surface area contributed by atoms with Crippen LogP contribution in [0.5, 0.6) is 0 Å². The van der Waals surface area contributed by atoms with Gasteiger partial charge in [-0.2, -0.15) is 0 Å². The van der Waals surface area contributed by atoms with Crippen LogP contribution in [-0.4, -0.2) is 24.1 Å². The van der Waals surface area contributed by atoms with E-state index >= 15 is 0 Å². The molecule has 0 N–H and O–H groups in total. The van der Waals surface area contributed by atoms with Gasteiger partial charge in [-0.05, 0) is 17.4 Å². The summed E-state index contributed by atoms with van der Waals surface area (Å²) in [5, 5.41) is 0. The van der Waals surface area contributed by atoms with Crippen LogP contribution in [0.2, 0.25) is 0 Å². The van der Waals surface area contributed by atoms with E-state index in [1.165, 1.54) is 0 Å². The summed E-state index contributed by atoms with van der Waals surface area (Å²) in [6.07, 6.45) is 0.950. The first-order chi connectivity index (χ1) is 8.70. The molecular formula is C15H21NO2. The van der Waals surface area contributed by atoms with E-state index in [4.69, 9.17) is 4.74 Å². The fourth-order valence-corrected chi connectivity index (χ4v) is 2.53. The number of rotatable bonds is 3. The summed E-state index contributed by atoms with van der Waals surface area (Å²) in [7, 11) is 0. The zero-order chi connectivity index (χ0) is 13.0. The molecule has 2 atom stereocenters. The lowest BCUT2D eigenvalue weighted by Crippen LogP contribution is -2.29. The maximum Gasteiger partial charge on any atom is 0.410 e. The number of amides is 1. The molecule has 0 aromatic heterocycles. The molecule has 3 nitrogen and oxygen atoms in total. The lowest BCUT2D eigenvalue weighted by molar-refractivity contribution is 0.102. The molecule has 1 aliphatic heterocycles. The molecule has 0 spiro atoms. The molecule has 1 amide bonds. The molecule has 98 valence electrons. The molecule has 2 rings (SSSR count). The van der Waals surface area contributed by atoms with E-state index in [0.717, 1.165) is 25.1 Å². The predicted octanol–water partition coefficient (Wildman–Crippen LogP) is 3.30. The average molecular weight is 247 g/mol. The smallest absolute Gasteiger partial charge is 0.410 e. The normalized spacial score (nSPS) is 23.1. The van der Waals surface area contributed by atoms with Gasteiger partial charge in [-0.3, -0.25) is 0 Å². The third kappa shape index (κ3) is 3.03. The van der Waals surface area contributed by atoms with Crippen LogP contribution in [0.3, 0.4) is 0 Å². The van der Waals surface area contributed by atoms with Crippen LogP contribution in [0.1, 0.15) is 25.8 Å². The van der Waals surface area contributed by atoms with Crippen molar-refractivity contribution in [2.45, 2.75) is 26.9 Å². The summed E-state index contributed by atoms with van der Waals surface area (Å²) in [4.78, 5) is 13.8. The Labute approximate surface area is 109 Å². The number of likely N-dealkylation sites (tertiary alicyclic amines) is 1. The number of nitrogens with zero attached hydrogens (tertiary/aromatic N) is 1. The zero-order valence-corrected chi connectivity index (χ0v) is 11.1. The first-order valence-electron chi connectivity index (χ1n) is 6.66. The fraction of sp³-hybridized carbons (Fsp3) is 0.533. The van der Waals surface area contributed by atoms with Gasteiger partial charge in [-0.25, -0.2) is 4.79 Å². The van der Waals surface area contributed by atoms with Crippen LogP contribution in [-0.2, 0) is 11.3 Å². The van der Waals surface area contributed by atoms with Crippen molar-refractivity contribution in [1.29, 1.82) is 0 Å². The van der Waals surface area contributed by atoms with Gasteiger partial charge in [0.05, 0.1) is 0 Å². The molecule has 0 radical (unpaired) electrons. The second-order valence-electron chi connectivity index (χ2n) is 5.09. The molecule has 1 heterocycles. The number of hydrogen-bond donors (Lipinski definition) is 0. The summed E-state index contributed by atoms with van der Waals surface area (Å²) in [5.41, 5.74) is 1.03. The lowest BCUT2D eigenvalue weighted by atomic mass is 9.96. The quantitative estimate of drug-likeness (QED) is 0.820. The van der Waals surface area contributed by atoms with Gasteiger partial charge < -0.3 is 9.64 Å². The van der Waals surface area contributed by atoms with Gasteiger partial charge in [-0.1, -0.05) is 50.6 Å². The number of carbonyl (C=O) groups is 1. The molecular weight excluding hydrogens is 226 g/mol. The maximum atomic E-state index is 11.9. The Bertz CT molecular complexity index is 391. The molecule has 3 heteroatoms. The highest BCUT2D eigenvalue weighted by Crippen LogP contribution is 2.25. The van der Waals surface area contributed by atoms with E-state index in [2.05, 4.69) is 13.8 Å². The minimum atomic E-state index is -0.179. The molecule has 1 saturated heterocycles. The standard InChI is InChI=1S/C15H21NO2/c1-3-14-10-16(9-12(14)2)15(17)18-11-13-7-5-4-6-8-13/h4-8,12,14H,3,9-11H2,1-2H3/t12-,14+/m1/s1. The average Bonchev–Trinajstić information content (AvgIpc) is 2.78. The van der Waals surface area contributed by atoms with Crippen molar-refractivity contribution >= 4 is 6.09 Å². The van der Waals surface area contributed by atoms with Crippen LogP contribution in [0.15, 0.2) is 30.3 Å². The van der Waals surface area contributed by atoms with Crippen molar-refractivity contribution in [3.05, 3.63) is 35.9 Å². The number of benzene rings is 1. The Morgan fingerprint density at radius 1 is 1.33 bits per heavy atom. The van der Waals surface area contributed by atoms with E-state index in [9.17, 15) is 4.79 Å². The SMILES string of the molecule is CC[C@H]1CN(C(=O)OCc2ccccc2)C[C@H]1C. The summed E-state index contributed by atoms with van der Waals surface area (Å²) >= 11 is 0. The molecule has 1 aromatic rings. The Kier molecular flexibility index (Phi) is 4.24. The third-order valence-corrected chi connectivity index (χ3v) is 3.76. The van der Waals surface area contributed by atoms with Gasteiger partial charge in [0, 0.05) is 13.1 Å². The van der Waals surface area contributed by atoms with Crippen LogP contribution in [0.4, 0.5) is 4.79 Å². The van der Waals surface area contributed by atoms with E-state index in [-0.39, 0.29) is 6.09 Å². The number of carbonyl (C=O) groups excluding carboxylic acids is 1. The van der Waals surface area contributed by atoms with Crippen molar-refractivity contribution in [2.24, 2.45) is 11.8 Å². The first kappa shape index (κ1) is 12.9. The highest BCUT2D eigenvalue weighted by molar-refractivity contribution is 5.68. The van der Waals surface area contributed by atoms with Gasteiger partial charge >= 0.3 is 6.09 Å². The number of hydrogen-bond acceptors (Lipinski definition) is 2. The van der Waals surface area contributed by atoms with Crippen molar-refractivity contribution in [1.82, 2.24) is 4.90 Å². The summed E-state index contributed by atoms with van der Waals surface area (Å²) in [5.74, 6) is 1.20. The summed E-state index contributed by atoms with van der Waals surface area (Å²) in [6.45, 7) is 6.41. The van der Waals surface area contributed by atoms with Crippen LogP contribution >= 0.6 is 0 Å².